The zero-order valence-electron chi connectivity index (χ0n) is 20.6. The van der Waals surface area contributed by atoms with E-state index in [0.717, 1.165) is 25.7 Å². The predicted molar refractivity (Wildman–Crippen MR) is 127 cm³/mol. The van der Waals surface area contributed by atoms with Crippen molar-refractivity contribution in [3.63, 3.8) is 0 Å². The van der Waals surface area contributed by atoms with Crippen LogP contribution in [0.2, 0.25) is 0 Å². The third-order valence-corrected chi connectivity index (χ3v) is 5.61. The van der Waals surface area contributed by atoms with Crippen LogP contribution in [0.4, 0.5) is 0 Å². The quantitative estimate of drug-likeness (QED) is 0.150. The van der Waals surface area contributed by atoms with E-state index >= 15 is 0 Å². The molecule has 0 rings (SSSR count). The number of hydrogen-bond acceptors (Lipinski definition) is 5. The van der Waals surface area contributed by atoms with E-state index in [2.05, 4.69) is 22.3 Å². The number of unbranched alkanes of at least 4 members (excludes halogenated alkanes) is 12. The highest BCUT2D eigenvalue weighted by Crippen LogP contribution is 2.12. The topological polar surface area (TPSA) is 102 Å². The average molecular weight is 455 g/mol. The molecule has 2 N–H and O–H groups in total. The van der Waals surface area contributed by atoms with E-state index in [1.165, 1.54) is 64.9 Å². The highest BCUT2D eigenvalue weighted by molar-refractivity contribution is 6.36. The molecule has 0 heterocycles. The minimum Gasteiger partial charge on any atom is -0.468 e. The summed E-state index contributed by atoms with van der Waals surface area (Å²) in [6.07, 6.45) is 16.6. The second-order valence-corrected chi connectivity index (χ2v) is 8.52. The fraction of sp³-hybridized carbons (Fsp3) is 0.840. The first-order valence-corrected chi connectivity index (χ1v) is 12.6. The number of ether oxygens (including phenoxy) is 1. The maximum Gasteiger partial charge on any atom is 0.325 e. The van der Waals surface area contributed by atoms with Crippen molar-refractivity contribution in [1.29, 1.82) is 0 Å². The van der Waals surface area contributed by atoms with Crippen LogP contribution in [0, 0.1) is 0 Å². The summed E-state index contributed by atoms with van der Waals surface area (Å²) in [5.41, 5.74) is 0. The lowest BCUT2D eigenvalue weighted by molar-refractivity contribution is -0.142. The van der Waals surface area contributed by atoms with Crippen LogP contribution in [0.1, 0.15) is 117 Å². The van der Waals surface area contributed by atoms with Crippen LogP contribution in [0.15, 0.2) is 0 Å². The number of esters is 1. The minimum absolute atomic E-state index is 0.202. The Bertz CT molecular complexity index is 536. The van der Waals surface area contributed by atoms with E-state index in [1.807, 2.05) is 6.92 Å². The zero-order chi connectivity index (χ0) is 24.0. The van der Waals surface area contributed by atoms with Crippen LogP contribution in [0.3, 0.4) is 0 Å². The molecule has 0 saturated heterocycles. The van der Waals surface area contributed by atoms with Gasteiger partial charge in [0.2, 0.25) is 11.7 Å². The van der Waals surface area contributed by atoms with Gasteiger partial charge in [-0.3, -0.25) is 19.2 Å². The molecule has 0 aliphatic carbocycles. The monoisotopic (exact) mass is 454 g/mol. The fourth-order valence-electron chi connectivity index (χ4n) is 3.51. The molecule has 0 aromatic carbocycles. The standard InChI is InChI=1S/C25H46N2O5/c1-4-6-8-9-10-11-12-13-14-15-16-17-19-22(28)25(31)27-21(18-7-5-2)24(30)26-20-23(29)32-3/h21H,4-20H2,1-3H3,(H,26,30)(H,27,31)/t21-/m0/s1. The van der Waals surface area contributed by atoms with E-state index in [0.29, 0.717) is 12.8 Å². The minimum atomic E-state index is -0.821. The third-order valence-electron chi connectivity index (χ3n) is 5.61. The molecule has 0 aliphatic heterocycles. The van der Waals surface area contributed by atoms with Crippen LogP contribution < -0.4 is 10.6 Å². The Morgan fingerprint density at radius 1 is 0.719 bits per heavy atom. The van der Waals surface area contributed by atoms with E-state index in [1.54, 1.807) is 0 Å². The van der Waals surface area contributed by atoms with Gasteiger partial charge in [0.15, 0.2) is 0 Å². The van der Waals surface area contributed by atoms with E-state index in [-0.39, 0.29) is 13.0 Å². The van der Waals surface area contributed by atoms with Gasteiger partial charge in [-0.25, -0.2) is 0 Å². The molecule has 0 aliphatic rings. The molecule has 0 aromatic rings. The first kappa shape index (κ1) is 30.1. The van der Waals surface area contributed by atoms with Crippen LogP contribution in [0.5, 0.6) is 0 Å². The van der Waals surface area contributed by atoms with Crippen molar-refractivity contribution in [3.8, 4) is 0 Å². The van der Waals surface area contributed by atoms with Crippen LogP contribution in [-0.2, 0) is 23.9 Å². The number of rotatable bonds is 21. The van der Waals surface area contributed by atoms with Gasteiger partial charge in [-0.2, -0.15) is 0 Å². The highest BCUT2D eigenvalue weighted by atomic mass is 16.5. The summed E-state index contributed by atoms with van der Waals surface area (Å²) in [4.78, 5) is 47.8. The largest absolute Gasteiger partial charge is 0.468 e. The molecule has 0 unspecified atom stereocenters. The Kier molecular flexibility index (Phi) is 19.7. The Morgan fingerprint density at radius 2 is 1.22 bits per heavy atom. The van der Waals surface area contributed by atoms with Crippen molar-refractivity contribution in [2.75, 3.05) is 13.7 Å². The van der Waals surface area contributed by atoms with Crippen LogP contribution in [0.25, 0.3) is 0 Å². The number of methoxy groups -OCH3 is 1. The van der Waals surface area contributed by atoms with Gasteiger partial charge in [0.1, 0.15) is 12.6 Å². The van der Waals surface area contributed by atoms with E-state index in [4.69, 9.17) is 0 Å². The number of amides is 2. The van der Waals surface area contributed by atoms with Crippen LogP contribution in [-0.4, -0.2) is 43.3 Å². The maximum atomic E-state index is 12.3. The number of nitrogens with one attached hydrogen (secondary N) is 2. The fourth-order valence-corrected chi connectivity index (χ4v) is 3.51. The SMILES string of the molecule is CCCCCCCCCCCCCCC(=O)C(=O)N[C@@H](CCCC)C(=O)NCC(=O)OC. The van der Waals surface area contributed by atoms with Crippen molar-refractivity contribution in [2.24, 2.45) is 0 Å². The lowest BCUT2D eigenvalue weighted by Gasteiger charge is -2.17. The van der Waals surface area contributed by atoms with Gasteiger partial charge >= 0.3 is 5.97 Å². The molecule has 0 saturated carbocycles. The number of hydrogen-bond donors (Lipinski definition) is 2. The number of carbonyl (C=O) groups excluding carboxylic acids is 4. The summed E-state index contributed by atoms with van der Waals surface area (Å²) >= 11 is 0. The molecule has 7 heteroatoms. The van der Waals surface area contributed by atoms with Crippen molar-refractivity contribution in [1.82, 2.24) is 10.6 Å². The zero-order valence-corrected chi connectivity index (χ0v) is 20.6. The van der Waals surface area contributed by atoms with Gasteiger partial charge in [-0.1, -0.05) is 97.3 Å². The lowest BCUT2D eigenvalue weighted by atomic mass is 10.0. The summed E-state index contributed by atoms with van der Waals surface area (Å²) in [6.45, 7) is 3.95. The first-order valence-electron chi connectivity index (χ1n) is 12.6. The Morgan fingerprint density at radius 3 is 1.72 bits per heavy atom. The Balaban J connectivity index is 4.01. The maximum absolute atomic E-state index is 12.3. The van der Waals surface area contributed by atoms with Gasteiger partial charge in [-0.05, 0) is 12.8 Å². The number of carbonyl (C=O) groups is 4. The summed E-state index contributed by atoms with van der Waals surface area (Å²) in [6, 6.07) is -0.821. The number of Topliss-reactive ketones (excluding diaryl/α,β-unsaturated/α-hetero) is 1. The number of ketones is 1. The summed E-state index contributed by atoms with van der Waals surface area (Å²) < 4.78 is 4.49. The predicted octanol–water partition coefficient (Wildman–Crippen LogP) is 4.61. The summed E-state index contributed by atoms with van der Waals surface area (Å²) in [7, 11) is 1.24. The first-order chi connectivity index (χ1) is 15.5. The molecular formula is C25H46N2O5. The normalized spacial score (nSPS) is 11.6. The van der Waals surface area contributed by atoms with Crippen molar-refractivity contribution in [2.45, 2.75) is 123 Å². The lowest BCUT2D eigenvalue weighted by Crippen LogP contribution is -2.49. The molecule has 2 amide bonds. The van der Waals surface area contributed by atoms with Crippen LogP contribution >= 0.6 is 0 Å². The second kappa shape index (κ2) is 21.0. The van der Waals surface area contributed by atoms with Gasteiger partial charge < -0.3 is 15.4 Å². The van der Waals surface area contributed by atoms with Gasteiger partial charge in [-0.15, -0.1) is 0 Å². The van der Waals surface area contributed by atoms with Crippen molar-refractivity contribution >= 4 is 23.6 Å². The average Bonchev–Trinajstić information content (AvgIpc) is 2.80. The van der Waals surface area contributed by atoms with E-state index in [9.17, 15) is 19.2 Å². The molecule has 0 spiro atoms. The third kappa shape index (κ3) is 16.7. The van der Waals surface area contributed by atoms with Gasteiger partial charge in [0, 0.05) is 6.42 Å². The summed E-state index contributed by atoms with van der Waals surface area (Å²) in [5.74, 6) is -2.25. The smallest absolute Gasteiger partial charge is 0.325 e. The molecule has 0 bridgehead atoms. The van der Waals surface area contributed by atoms with Gasteiger partial charge in [0.25, 0.3) is 5.91 Å². The molecule has 32 heavy (non-hydrogen) atoms. The van der Waals surface area contributed by atoms with Crippen molar-refractivity contribution in [3.05, 3.63) is 0 Å². The van der Waals surface area contributed by atoms with Crippen molar-refractivity contribution < 1.29 is 23.9 Å². The molecule has 0 radical (unpaired) electrons. The molecule has 0 fully saturated rings. The Hall–Kier alpha value is -1.92. The van der Waals surface area contributed by atoms with Gasteiger partial charge in [0.05, 0.1) is 7.11 Å². The Labute approximate surface area is 194 Å². The molecule has 186 valence electrons. The molecule has 7 nitrogen and oxygen atoms in total. The highest BCUT2D eigenvalue weighted by Gasteiger charge is 2.23. The molecule has 1 atom stereocenters. The molecular weight excluding hydrogens is 408 g/mol. The molecule has 0 aromatic heterocycles. The second-order valence-electron chi connectivity index (χ2n) is 8.52. The van der Waals surface area contributed by atoms with E-state index < -0.39 is 29.6 Å². The summed E-state index contributed by atoms with van der Waals surface area (Å²) in [5, 5.41) is 4.97.